The summed E-state index contributed by atoms with van der Waals surface area (Å²) in [7, 11) is 0. The number of esters is 1. The quantitative estimate of drug-likeness (QED) is 0.673. The van der Waals surface area contributed by atoms with Crippen LogP contribution >= 0.6 is 0 Å². The van der Waals surface area contributed by atoms with Crippen molar-refractivity contribution in [1.29, 1.82) is 0 Å². The lowest BCUT2D eigenvalue weighted by Gasteiger charge is -2.42. The summed E-state index contributed by atoms with van der Waals surface area (Å²) in [5.41, 5.74) is 2.65. The van der Waals surface area contributed by atoms with E-state index in [2.05, 4.69) is 56.3 Å². The van der Waals surface area contributed by atoms with Gasteiger partial charge in [0, 0.05) is 22.5 Å². The molecule has 4 atom stereocenters. The standard InChI is InChI=1S/C23H20O4/c1-21(2)10-25-23(26-11-21)18-14-9-16-13-7-3-5-12-6-4-8-15(17(12)13)22(16,19(18)23)27-20(14)24/h3-9,14,18-19H,10-11H2,1-2H3/t14-,18-,19-,22+/m0/s1. The Balaban J connectivity index is 1.48. The van der Waals surface area contributed by atoms with Gasteiger partial charge < -0.3 is 14.2 Å². The lowest BCUT2D eigenvalue weighted by molar-refractivity contribution is -0.261. The molecule has 6 aliphatic rings. The Morgan fingerprint density at radius 1 is 1.04 bits per heavy atom. The van der Waals surface area contributed by atoms with Gasteiger partial charge >= 0.3 is 5.97 Å². The van der Waals surface area contributed by atoms with Gasteiger partial charge in [0.25, 0.3) is 0 Å². The minimum Gasteiger partial charge on any atom is -0.448 e. The molecule has 3 aliphatic heterocycles. The Morgan fingerprint density at radius 2 is 1.78 bits per heavy atom. The summed E-state index contributed by atoms with van der Waals surface area (Å²) in [6.45, 7) is 5.58. The van der Waals surface area contributed by atoms with Gasteiger partial charge in [0.15, 0.2) is 11.4 Å². The molecule has 0 radical (unpaired) electrons. The van der Waals surface area contributed by atoms with Crippen LogP contribution < -0.4 is 0 Å². The highest BCUT2D eigenvalue weighted by Gasteiger charge is 2.86. The number of hydrogen-bond donors (Lipinski definition) is 0. The van der Waals surface area contributed by atoms with Gasteiger partial charge in [-0.05, 0) is 16.3 Å². The summed E-state index contributed by atoms with van der Waals surface area (Å²) >= 11 is 0. The van der Waals surface area contributed by atoms with Gasteiger partial charge in [-0.2, -0.15) is 0 Å². The van der Waals surface area contributed by atoms with Crippen molar-refractivity contribution < 1.29 is 19.0 Å². The van der Waals surface area contributed by atoms with Crippen molar-refractivity contribution in [3.05, 3.63) is 53.6 Å². The van der Waals surface area contributed by atoms with Crippen molar-refractivity contribution in [1.82, 2.24) is 0 Å². The van der Waals surface area contributed by atoms with Gasteiger partial charge in [-0.3, -0.25) is 4.79 Å². The zero-order valence-electron chi connectivity index (χ0n) is 15.3. The largest absolute Gasteiger partial charge is 0.448 e. The van der Waals surface area contributed by atoms with Crippen molar-refractivity contribution in [2.45, 2.75) is 25.2 Å². The van der Waals surface area contributed by atoms with Gasteiger partial charge in [0.1, 0.15) is 0 Å². The molecule has 0 aromatic heterocycles. The average Bonchev–Trinajstić information content (AvgIpc) is 3.25. The normalized spacial score (nSPS) is 38.4. The smallest absolute Gasteiger partial charge is 0.314 e. The maximum atomic E-state index is 12.9. The molecule has 4 nitrogen and oxygen atoms in total. The minimum atomic E-state index is -0.763. The highest BCUT2D eigenvalue weighted by Crippen LogP contribution is 2.77. The molecule has 1 saturated carbocycles. The Kier molecular flexibility index (Phi) is 2.27. The van der Waals surface area contributed by atoms with E-state index < -0.39 is 11.4 Å². The van der Waals surface area contributed by atoms with Crippen LogP contribution in [0, 0.1) is 23.2 Å². The first kappa shape index (κ1) is 14.8. The van der Waals surface area contributed by atoms with E-state index in [4.69, 9.17) is 14.2 Å². The number of hydrogen-bond acceptors (Lipinski definition) is 4. The second-order valence-electron chi connectivity index (χ2n) is 9.44. The summed E-state index contributed by atoms with van der Waals surface area (Å²) in [6.07, 6.45) is 2.14. The second kappa shape index (κ2) is 4.13. The zero-order chi connectivity index (χ0) is 18.2. The van der Waals surface area contributed by atoms with E-state index in [-0.39, 0.29) is 29.1 Å². The third kappa shape index (κ3) is 1.44. The molecule has 4 heteroatoms. The number of carbonyl (C=O) groups is 1. The monoisotopic (exact) mass is 360 g/mol. The molecule has 2 bridgehead atoms. The SMILES string of the molecule is CC1(C)COC2(OC1)[C@H]1[C@@H]3C=C4c5cccc6cccc(c56)[C@]4(OC3=O)[C@H]12. The minimum absolute atomic E-state index is 0.00646. The molecule has 3 fully saturated rings. The number of rotatable bonds is 0. The third-order valence-electron chi connectivity index (χ3n) is 7.23. The molecule has 3 heterocycles. The molecule has 8 rings (SSSR count). The number of fused-ring (bicyclic) bond motifs is 1. The van der Waals surface area contributed by atoms with E-state index in [1.807, 2.05) is 0 Å². The van der Waals surface area contributed by atoms with E-state index in [9.17, 15) is 4.79 Å². The molecule has 27 heavy (non-hydrogen) atoms. The maximum Gasteiger partial charge on any atom is 0.314 e. The van der Waals surface area contributed by atoms with Crippen molar-refractivity contribution in [2.24, 2.45) is 23.2 Å². The van der Waals surface area contributed by atoms with Gasteiger partial charge in [-0.25, -0.2) is 0 Å². The molecule has 0 N–H and O–H groups in total. The van der Waals surface area contributed by atoms with Crippen LogP contribution in [0.15, 0.2) is 42.5 Å². The number of benzene rings is 2. The summed E-state index contributed by atoms with van der Waals surface area (Å²) in [6, 6.07) is 12.7. The topological polar surface area (TPSA) is 44.8 Å². The van der Waals surface area contributed by atoms with Crippen LogP contribution in [0.4, 0.5) is 0 Å². The Labute approximate surface area is 157 Å². The predicted molar refractivity (Wildman–Crippen MR) is 98.6 cm³/mol. The van der Waals surface area contributed by atoms with E-state index in [0.29, 0.717) is 13.2 Å². The molecule has 0 unspecified atom stereocenters. The highest BCUT2D eigenvalue weighted by atomic mass is 16.7. The number of ether oxygens (including phenoxy) is 3. The first-order valence-electron chi connectivity index (χ1n) is 9.74. The van der Waals surface area contributed by atoms with Crippen LogP contribution in [0.3, 0.4) is 0 Å². The average molecular weight is 360 g/mol. The lowest BCUT2D eigenvalue weighted by atomic mass is 9.74. The van der Waals surface area contributed by atoms with Crippen molar-refractivity contribution in [3.8, 4) is 0 Å². The van der Waals surface area contributed by atoms with Crippen LogP contribution in [0.5, 0.6) is 0 Å². The fraction of sp³-hybridized carbons (Fsp3) is 0.435. The van der Waals surface area contributed by atoms with Gasteiger partial charge in [0.2, 0.25) is 0 Å². The molecule has 2 aromatic rings. The third-order valence-corrected chi connectivity index (χ3v) is 7.23. The van der Waals surface area contributed by atoms with Gasteiger partial charge in [-0.1, -0.05) is 56.3 Å². The van der Waals surface area contributed by atoms with Crippen molar-refractivity contribution >= 4 is 22.3 Å². The van der Waals surface area contributed by atoms with Gasteiger partial charge in [0.05, 0.1) is 25.0 Å². The Morgan fingerprint density at radius 3 is 2.56 bits per heavy atom. The second-order valence-corrected chi connectivity index (χ2v) is 9.44. The first-order chi connectivity index (χ1) is 13.0. The van der Waals surface area contributed by atoms with Gasteiger partial charge in [-0.15, -0.1) is 0 Å². The zero-order valence-corrected chi connectivity index (χ0v) is 15.3. The van der Waals surface area contributed by atoms with Crippen LogP contribution in [0.25, 0.3) is 16.3 Å². The van der Waals surface area contributed by atoms with E-state index in [0.717, 1.165) is 11.1 Å². The van der Waals surface area contributed by atoms with E-state index in [1.165, 1.54) is 16.3 Å². The summed E-state index contributed by atoms with van der Waals surface area (Å²) in [4.78, 5) is 12.9. The molecule has 2 saturated heterocycles. The van der Waals surface area contributed by atoms with Crippen LogP contribution in [-0.2, 0) is 24.6 Å². The molecule has 3 aliphatic carbocycles. The summed E-state index contributed by atoms with van der Waals surface area (Å²) in [5.74, 6) is -1.05. The maximum absolute atomic E-state index is 12.9. The van der Waals surface area contributed by atoms with E-state index in [1.54, 1.807) is 0 Å². The highest BCUT2D eigenvalue weighted by molar-refractivity contribution is 6.08. The summed E-state index contributed by atoms with van der Waals surface area (Å²) in [5, 5.41) is 2.39. The molecular weight excluding hydrogens is 340 g/mol. The van der Waals surface area contributed by atoms with Crippen molar-refractivity contribution in [2.75, 3.05) is 13.2 Å². The first-order valence-corrected chi connectivity index (χ1v) is 9.74. The lowest BCUT2D eigenvalue weighted by Crippen LogP contribution is -2.46. The molecule has 2 aromatic carbocycles. The predicted octanol–water partition coefficient (Wildman–Crippen LogP) is 3.63. The molecule has 136 valence electrons. The molecule has 2 spiro atoms. The molecule has 0 amide bonds. The fourth-order valence-electron chi connectivity index (χ4n) is 6.10. The molecular formula is C23H20O4. The Hall–Kier alpha value is -2.17. The van der Waals surface area contributed by atoms with Crippen LogP contribution in [0.2, 0.25) is 0 Å². The summed E-state index contributed by atoms with van der Waals surface area (Å²) < 4.78 is 19.0. The Bertz CT molecular complexity index is 1080. The van der Waals surface area contributed by atoms with Crippen LogP contribution in [0.1, 0.15) is 25.0 Å². The van der Waals surface area contributed by atoms with Crippen LogP contribution in [-0.4, -0.2) is 25.0 Å². The van der Waals surface area contributed by atoms with E-state index >= 15 is 0 Å². The number of carbonyl (C=O) groups excluding carboxylic acids is 1. The fourth-order valence-corrected chi connectivity index (χ4v) is 6.10. The van der Waals surface area contributed by atoms with Crippen molar-refractivity contribution in [3.63, 3.8) is 0 Å².